The fraction of sp³-hybridized carbons (Fsp3) is 0.375. The van der Waals surface area contributed by atoms with E-state index in [9.17, 15) is 18.0 Å². The normalized spacial score (nSPS) is 14.9. The van der Waals surface area contributed by atoms with Crippen LogP contribution in [0.4, 0.5) is 23.7 Å². The number of hydrogen-bond donors (Lipinski definition) is 3. The molecule has 0 unspecified atom stereocenters. The van der Waals surface area contributed by atoms with Gasteiger partial charge in [-0.15, -0.1) is 0 Å². The lowest BCUT2D eigenvalue weighted by atomic mass is 9.95. The number of carbonyl (C=O) groups is 1. The van der Waals surface area contributed by atoms with Crippen LogP contribution in [0.1, 0.15) is 24.8 Å². The number of hydrogen-bond acceptors (Lipinski definition) is 5. The van der Waals surface area contributed by atoms with Crippen molar-refractivity contribution >= 4 is 23.6 Å². The lowest BCUT2D eigenvalue weighted by Crippen LogP contribution is -2.36. The molecule has 0 aliphatic carbocycles. The van der Waals surface area contributed by atoms with Gasteiger partial charge in [0.1, 0.15) is 18.8 Å². The van der Waals surface area contributed by atoms with Crippen molar-refractivity contribution in [1.82, 2.24) is 20.0 Å². The second-order valence-corrected chi connectivity index (χ2v) is 8.39. The third kappa shape index (κ3) is 7.19. The molecule has 1 saturated heterocycles. The van der Waals surface area contributed by atoms with E-state index in [0.29, 0.717) is 23.9 Å². The highest BCUT2D eigenvalue weighted by Gasteiger charge is 2.27. The molecule has 11 heteroatoms. The zero-order chi connectivity index (χ0) is 24.7. The average molecular weight is 489 g/mol. The van der Waals surface area contributed by atoms with E-state index in [1.807, 2.05) is 28.8 Å². The summed E-state index contributed by atoms with van der Waals surface area (Å²) in [5, 5.41) is 11.6. The standard InChI is InChI=1S/C24H27F3N6O2/c25-24(26,27)16-30-23(34)32-20-3-1-2-19(13-20)21-15-29-22-12-18(6-10-33(21)22)14-31-35-11-7-17-4-8-28-9-5-17/h1-3,6,10,12-15,17,28H,4-5,7-9,11,16H2,(H2,30,32,34)/b31-14-. The third-order valence-electron chi connectivity index (χ3n) is 5.76. The molecule has 2 aromatic heterocycles. The van der Waals surface area contributed by atoms with E-state index in [1.165, 1.54) is 12.8 Å². The number of oxime groups is 1. The number of rotatable bonds is 8. The largest absolute Gasteiger partial charge is 0.405 e. The number of nitrogens with one attached hydrogen (secondary N) is 3. The van der Waals surface area contributed by atoms with Gasteiger partial charge in [-0.05, 0) is 62.5 Å². The van der Waals surface area contributed by atoms with Crippen LogP contribution in [0.5, 0.6) is 0 Å². The van der Waals surface area contributed by atoms with E-state index in [-0.39, 0.29) is 0 Å². The summed E-state index contributed by atoms with van der Waals surface area (Å²) in [7, 11) is 0. The van der Waals surface area contributed by atoms with E-state index in [4.69, 9.17) is 4.84 Å². The lowest BCUT2D eigenvalue weighted by molar-refractivity contribution is -0.122. The summed E-state index contributed by atoms with van der Waals surface area (Å²) < 4.78 is 38.7. The number of nitrogens with zero attached hydrogens (tertiary/aromatic N) is 3. The minimum absolute atomic E-state index is 0.363. The summed E-state index contributed by atoms with van der Waals surface area (Å²) >= 11 is 0. The summed E-state index contributed by atoms with van der Waals surface area (Å²) in [6, 6.07) is 9.62. The molecule has 186 valence electrons. The molecule has 1 aliphatic heterocycles. The number of amides is 2. The number of piperidine rings is 1. The van der Waals surface area contributed by atoms with Gasteiger partial charge in [-0.1, -0.05) is 17.3 Å². The van der Waals surface area contributed by atoms with Crippen LogP contribution in [0.15, 0.2) is 53.9 Å². The molecule has 0 atom stereocenters. The maximum Gasteiger partial charge on any atom is 0.405 e. The lowest BCUT2D eigenvalue weighted by Gasteiger charge is -2.21. The molecule has 1 aromatic carbocycles. The summed E-state index contributed by atoms with van der Waals surface area (Å²) in [5.41, 5.74) is 3.41. The summed E-state index contributed by atoms with van der Waals surface area (Å²) in [6.07, 6.45) is 4.07. The predicted octanol–water partition coefficient (Wildman–Crippen LogP) is 4.43. The number of fused-ring (bicyclic) bond motifs is 1. The summed E-state index contributed by atoms with van der Waals surface area (Å²) in [4.78, 5) is 21.6. The molecule has 0 bridgehead atoms. The highest BCUT2D eigenvalue weighted by atomic mass is 19.4. The zero-order valence-corrected chi connectivity index (χ0v) is 19.0. The first kappa shape index (κ1) is 24.5. The minimum Gasteiger partial charge on any atom is -0.396 e. The maximum absolute atomic E-state index is 12.3. The number of alkyl halides is 3. The van der Waals surface area contributed by atoms with E-state index in [2.05, 4.69) is 20.8 Å². The second kappa shape index (κ2) is 11.2. The Hall–Kier alpha value is -3.60. The van der Waals surface area contributed by atoms with Crippen LogP contribution >= 0.6 is 0 Å². The topological polar surface area (TPSA) is 92.0 Å². The Bertz CT molecular complexity index is 1170. The van der Waals surface area contributed by atoms with Crippen LogP contribution in [0, 0.1) is 5.92 Å². The summed E-state index contributed by atoms with van der Waals surface area (Å²) in [5.74, 6) is 0.689. The Morgan fingerprint density at radius 2 is 2.09 bits per heavy atom. The number of halogens is 3. The van der Waals surface area contributed by atoms with Crippen LogP contribution in [0.3, 0.4) is 0 Å². The quantitative estimate of drug-likeness (QED) is 0.249. The third-order valence-corrected chi connectivity index (χ3v) is 5.76. The van der Waals surface area contributed by atoms with E-state index in [1.54, 1.807) is 35.9 Å². The van der Waals surface area contributed by atoms with Crippen LogP contribution in [-0.4, -0.2) is 54.0 Å². The molecule has 0 saturated carbocycles. The van der Waals surface area contributed by atoms with E-state index in [0.717, 1.165) is 36.3 Å². The molecule has 35 heavy (non-hydrogen) atoms. The Kier molecular flexibility index (Phi) is 7.86. The van der Waals surface area contributed by atoms with Crippen molar-refractivity contribution in [2.24, 2.45) is 11.1 Å². The van der Waals surface area contributed by atoms with Crippen molar-refractivity contribution in [3.8, 4) is 11.3 Å². The molecule has 0 radical (unpaired) electrons. The van der Waals surface area contributed by atoms with E-state index < -0.39 is 18.8 Å². The summed E-state index contributed by atoms with van der Waals surface area (Å²) in [6.45, 7) is 1.33. The molecule has 3 aromatic rings. The predicted molar refractivity (Wildman–Crippen MR) is 127 cm³/mol. The maximum atomic E-state index is 12.3. The second-order valence-electron chi connectivity index (χ2n) is 8.39. The molecule has 1 fully saturated rings. The van der Waals surface area contributed by atoms with E-state index >= 15 is 0 Å². The van der Waals surface area contributed by atoms with Crippen molar-refractivity contribution in [3.63, 3.8) is 0 Å². The fourth-order valence-corrected chi connectivity index (χ4v) is 3.94. The molecule has 4 rings (SSSR count). The monoisotopic (exact) mass is 488 g/mol. The van der Waals surface area contributed by atoms with Crippen molar-refractivity contribution in [1.29, 1.82) is 0 Å². The SMILES string of the molecule is O=C(NCC(F)(F)F)Nc1cccc(-c2cnc3cc(/C=N\OCCC4CCNCC4)ccn23)c1. The molecule has 0 spiro atoms. The van der Waals surface area contributed by atoms with Gasteiger partial charge < -0.3 is 20.8 Å². The van der Waals surface area contributed by atoms with Gasteiger partial charge in [-0.3, -0.25) is 4.40 Å². The number of benzene rings is 1. The van der Waals surface area contributed by atoms with Crippen molar-refractivity contribution in [2.45, 2.75) is 25.4 Å². The molecule has 8 nitrogen and oxygen atoms in total. The van der Waals surface area contributed by atoms with Gasteiger partial charge in [-0.25, -0.2) is 9.78 Å². The Labute approximate surface area is 200 Å². The number of pyridine rings is 1. The molecular formula is C24H27F3N6O2. The molecular weight excluding hydrogens is 461 g/mol. The molecule has 2 amide bonds. The van der Waals surface area contributed by atoms with Gasteiger partial charge in [0.15, 0.2) is 0 Å². The van der Waals surface area contributed by atoms with Gasteiger partial charge in [0.25, 0.3) is 0 Å². The molecule has 1 aliphatic rings. The molecule has 3 N–H and O–H groups in total. The van der Waals surface area contributed by atoms with Gasteiger partial charge in [-0.2, -0.15) is 13.2 Å². The number of carbonyl (C=O) groups excluding carboxylic acids is 1. The van der Waals surface area contributed by atoms with Gasteiger partial charge >= 0.3 is 12.2 Å². The van der Waals surface area contributed by atoms with Gasteiger partial charge in [0, 0.05) is 23.0 Å². The first-order valence-corrected chi connectivity index (χ1v) is 11.4. The Morgan fingerprint density at radius 1 is 1.26 bits per heavy atom. The van der Waals surface area contributed by atoms with Crippen molar-refractivity contribution < 1.29 is 22.8 Å². The Balaban J connectivity index is 1.36. The van der Waals surface area contributed by atoms with Crippen LogP contribution in [-0.2, 0) is 4.84 Å². The first-order valence-electron chi connectivity index (χ1n) is 11.4. The van der Waals surface area contributed by atoms with Gasteiger partial charge in [0.2, 0.25) is 0 Å². The highest BCUT2D eigenvalue weighted by Crippen LogP contribution is 2.24. The fourth-order valence-electron chi connectivity index (χ4n) is 3.94. The number of aromatic nitrogens is 2. The van der Waals surface area contributed by atoms with Crippen molar-refractivity contribution in [2.75, 3.05) is 31.6 Å². The van der Waals surface area contributed by atoms with Crippen LogP contribution < -0.4 is 16.0 Å². The number of anilines is 1. The van der Waals surface area contributed by atoms with Crippen LogP contribution in [0.2, 0.25) is 0 Å². The van der Waals surface area contributed by atoms with Crippen LogP contribution in [0.25, 0.3) is 16.9 Å². The molecule has 3 heterocycles. The van der Waals surface area contributed by atoms with Gasteiger partial charge in [0.05, 0.1) is 18.1 Å². The Morgan fingerprint density at radius 3 is 2.89 bits per heavy atom. The zero-order valence-electron chi connectivity index (χ0n) is 19.0. The minimum atomic E-state index is -4.47. The number of imidazole rings is 1. The average Bonchev–Trinajstić information content (AvgIpc) is 3.26. The van der Waals surface area contributed by atoms with Crippen molar-refractivity contribution in [3.05, 3.63) is 54.4 Å². The highest BCUT2D eigenvalue weighted by molar-refractivity contribution is 5.90. The smallest absolute Gasteiger partial charge is 0.396 e. The first-order chi connectivity index (χ1) is 16.9. The number of urea groups is 1.